The van der Waals surface area contributed by atoms with Gasteiger partial charge in [0.2, 0.25) is 0 Å². The minimum absolute atomic E-state index is 0.0486. The summed E-state index contributed by atoms with van der Waals surface area (Å²) in [6.07, 6.45) is 0. The Morgan fingerprint density at radius 2 is 1.83 bits per heavy atom. The number of aliphatic hydroxyl groups excluding tert-OH is 1. The highest BCUT2D eigenvalue weighted by molar-refractivity contribution is 7.89. The number of aliphatic hydroxyl groups is 1. The van der Waals surface area contributed by atoms with Crippen molar-refractivity contribution in [3.8, 4) is 0 Å². The molecule has 0 aliphatic heterocycles. The Bertz CT molecular complexity index is 234. The van der Waals surface area contributed by atoms with Gasteiger partial charge in [-0.2, -0.15) is 17.5 Å². The molecule has 0 aromatic rings. The molecule has 0 saturated heterocycles. The van der Waals surface area contributed by atoms with E-state index in [0.717, 1.165) is 7.05 Å². The van der Waals surface area contributed by atoms with E-state index in [0.29, 0.717) is 0 Å². The first-order valence-electron chi connectivity index (χ1n) is 2.87. The molecule has 1 N–H and O–H groups in total. The van der Waals surface area contributed by atoms with Crippen LogP contribution in [0.5, 0.6) is 0 Å². The third-order valence-electron chi connectivity index (χ3n) is 1.12. The van der Waals surface area contributed by atoms with Crippen molar-refractivity contribution in [3.63, 3.8) is 0 Å². The number of alkyl halides is 3. The number of halogens is 3. The van der Waals surface area contributed by atoms with Crippen molar-refractivity contribution >= 4 is 10.0 Å². The molecular formula is C4H8F3NO3S. The van der Waals surface area contributed by atoms with Gasteiger partial charge in [0.05, 0.1) is 6.61 Å². The normalized spacial score (nSPS) is 13.8. The quantitative estimate of drug-likeness (QED) is 0.694. The van der Waals surface area contributed by atoms with Gasteiger partial charge in [0.25, 0.3) is 0 Å². The molecular weight excluding hydrogens is 199 g/mol. The largest absolute Gasteiger partial charge is 0.511 e. The van der Waals surface area contributed by atoms with Crippen LogP contribution in [0.15, 0.2) is 0 Å². The van der Waals surface area contributed by atoms with Crippen molar-refractivity contribution in [2.45, 2.75) is 5.51 Å². The highest BCUT2D eigenvalue weighted by atomic mass is 32.2. The van der Waals surface area contributed by atoms with Gasteiger partial charge in [-0.3, -0.25) is 0 Å². The highest BCUT2D eigenvalue weighted by Crippen LogP contribution is 2.25. The summed E-state index contributed by atoms with van der Waals surface area (Å²) < 4.78 is 56.0. The molecule has 0 rings (SSSR count). The number of sulfonamides is 1. The van der Waals surface area contributed by atoms with E-state index >= 15 is 0 Å². The van der Waals surface area contributed by atoms with Gasteiger partial charge in [-0.25, -0.2) is 8.42 Å². The van der Waals surface area contributed by atoms with Gasteiger partial charge in [0, 0.05) is 13.6 Å². The summed E-state index contributed by atoms with van der Waals surface area (Å²) >= 11 is 0. The molecule has 0 bridgehead atoms. The number of likely N-dealkylation sites (N-methyl/N-ethyl adjacent to an activating group) is 1. The van der Waals surface area contributed by atoms with Crippen molar-refractivity contribution in [3.05, 3.63) is 0 Å². The summed E-state index contributed by atoms with van der Waals surface area (Å²) in [7, 11) is -4.52. The van der Waals surface area contributed by atoms with Crippen LogP contribution in [0.3, 0.4) is 0 Å². The lowest BCUT2D eigenvalue weighted by atomic mass is 10.7. The Morgan fingerprint density at radius 3 is 2.08 bits per heavy atom. The fourth-order valence-corrected chi connectivity index (χ4v) is 1.11. The average molecular weight is 207 g/mol. The van der Waals surface area contributed by atoms with Gasteiger partial charge in [-0.05, 0) is 0 Å². The fourth-order valence-electron chi connectivity index (χ4n) is 0.438. The van der Waals surface area contributed by atoms with Crippen LogP contribution in [-0.2, 0) is 10.0 Å². The van der Waals surface area contributed by atoms with E-state index in [4.69, 9.17) is 5.11 Å². The average Bonchev–Trinajstić information content (AvgIpc) is 1.85. The van der Waals surface area contributed by atoms with Gasteiger partial charge < -0.3 is 5.11 Å². The second-order valence-corrected chi connectivity index (χ2v) is 4.03. The van der Waals surface area contributed by atoms with Crippen molar-refractivity contribution in [2.24, 2.45) is 0 Å². The molecule has 0 aliphatic carbocycles. The van der Waals surface area contributed by atoms with Crippen molar-refractivity contribution in [2.75, 3.05) is 20.2 Å². The summed E-state index contributed by atoms with van der Waals surface area (Å²) in [5.74, 6) is 0. The Morgan fingerprint density at radius 1 is 1.42 bits per heavy atom. The Balaban J connectivity index is 4.64. The van der Waals surface area contributed by atoms with E-state index in [1.165, 1.54) is 0 Å². The maximum absolute atomic E-state index is 11.7. The van der Waals surface area contributed by atoms with Gasteiger partial charge >= 0.3 is 15.5 Å². The third kappa shape index (κ3) is 2.32. The molecule has 0 atom stereocenters. The lowest BCUT2D eigenvalue weighted by Gasteiger charge is -2.17. The number of nitrogens with zero attached hydrogens (tertiary/aromatic N) is 1. The first kappa shape index (κ1) is 11.7. The van der Waals surface area contributed by atoms with E-state index < -0.39 is 28.7 Å². The maximum Gasteiger partial charge on any atom is 0.511 e. The van der Waals surface area contributed by atoms with E-state index in [9.17, 15) is 21.6 Å². The highest BCUT2D eigenvalue weighted by Gasteiger charge is 2.48. The van der Waals surface area contributed by atoms with Crippen LogP contribution in [0.1, 0.15) is 0 Å². The van der Waals surface area contributed by atoms with Gasteiger partial charge in [0.15, 0.2) is 0 Å². The number of rotatable bonds is 3. The van der Waals surface area contributed by atoms with E-state index in [1.54, 1.807) is 0 Å². The minimum atomic E-state index is -5.29. The topological polar surface area (TPSA) is 57.6 Å². The molecule has 0 saturated carbocycles. The lowest BCUT2D eigenvalue weighted by Crippen LogP contribution is -2.39. The molecule has 0 spiro atoms. The lowest BCUT2D eigenvalue weighted by molar-refractivity contribution is -0.0484. The molecule has 12 heavy (non-hydrogen) atoms. The SMILES string of the molecule is CN(CCO)S(=O)(=O)C(F)(F)F. The second-order valence-electron chi connectivity index (χ2n) is 2.00. The van der Waals surface area contributed by atoms with Crippen LogP contribution in [0, 0.1) is 0 Å². The van der Waals surface area contributed by atoms with E-state index in [2.05, 4.69) is 0 Å². The van der Waals surface area contributed by atoms with Crippen LogP contribution >= 0.6 is 0 Å². The summed E-state index contributed by atoms with van der Waals surface area (Å²) in [6, 6.07) is 0. The molecule has 0 unspecified atom stereocenters. The van der Waals surface area contributed by atoms with E-state index in [1.807, 2.05) is 0 Å². The summed E-state index contributed by atoms with van der Waals surface area (Å²) in [6.45, 7) is -1.21. The van der Waals surface area contributed by atoms with Crippen LogP contribution < -0.4 is 0 Å². The monoisotopic (exact) mass is 207 g/mol. The summed E-state index contributed by atoms with van der Waals surface area (Å²) in [5.41, 5.74) is -5.29. The molecule has 8 heteroatoms. The zero-order chi connectivity index (χ0) is 9.99. The zero-order valence-corrected chi connectivity index (χ0v) is 6.98. The standard InChI is InChI=1S/C4H8F3NO3S/c1-8(2-3-9)12(10,11)4(5,6)7/h9H,2-3H2,1H3. The maximum atomic E-state index is 11.7. The summed E-state index contributed by atoms with van der Waals surface area (Å²) in [5, 5.41) is 8.19. The predicted octanol–water partition coefficient (Wildman–Crippen LogP) is -0.240. The van der Waals surface area contributed by atoms with Gasteiger partial charge in [0.1, 0.15) is 0 Å². The fraction of sp³-hybridized carbons (Fsp3) is 1.00. The molecule has 0 aliphatic rings. The molecule has 4 nitrogen and oxygen atoms in total. The first-order chi connectivity index (χ1) is 5.23. The first-order valence-corrected chi connectivity index (χ1v) is 4.31. The van der Waals surface area contributed by atoms with Crippen molar-refractivity contribution < 1.29 is 26.7 Å². The molecule has 0 heterocycles. The molecule has 0 amide bonds. The predicted molar refractivity (Wildman–Crippen MR) is 34.7 cm³/mol. The molecule has 0 radical (unpaired) electrons. The van der Waals surface area contributed by atoms with Crippen LogP contribution in [0.25, 0.3) is 0 Å². The molecule has 74 valence electrons. The minimum Gasteiger partial charge on any atom is -0.395 e. The van der Waals surface area contributed by atoms with Crippen LogP contribution in [-0.4, -0.2) is 43.5 Å². The van der Waals surface area contributed by atoms with Crippen LogP contribution in [0.4, 0.5) is 13.2 Å². The smallest absolute Gasteiger partial charge is 0.395 e. The van der Waals surface area contributed by atoms with Crippen molar-refractivity contribution in [1.29, 1.82) is 0 Å². The number of hydrogen-bond donors (Lipinski definition) is 1. The van der Waals surface area contributed by atoms with Crippen LogP contribution in [0.2, 0.25) is 0 Å². The molecule has 0 aromatic carbocycles. The molecule has 0 fully saturated rings. The van der Waals surface area contributed by atoms with Crippen molar-refractivity contribution in [1.82, 2.24) is 4.31 Å². The van der Waals surface area contributed by atoms with E-state index in [-0.39, 0.29) is 4.31 Å². The Kier molecular flexibility index (Phi) is 3.48. The zero-order valence-electron chi connectivity index (χ0n) is 6.17. The number of hydrogen-bond acceptors (Lipinski definition) is 3. The van der Waals surface area contributed by atoms with Gasteiger partial charge in [-0.1, -0.05) is 0 Å². The molecule has 0 aromatic heterocycles. The third-order valence-corrected chi connectivity index (χ3v) is 2.71. The Labute approximate surface area is 67.6 Å². The second kappa shape index (κ2) is 3.58. The Hall–Kier alpha value is -0.340. The summed E-state index contributed by atoms with van der Waals surface area (Å²) in [4.78, 5) is 0. The van der Waals surface area contributed by atoms with Gasteiger partial charge in [-0.15, -0.1) is 0 Å².